The molecule has 0 saturated heterocycles. The molecule has 0 spiro atoms. The highest BCUT2D eigenvalue weighted by molar-refractivity contribution is 6.35. The number of nitrogens with one attached hydrogen (secondary N) is 1. The van der Waals surface area contributed by atoms with E-state index in [1.165, 1.54) is 18.5 Å². The lowest BCUT2D eigenvalue weighted by atomic mass is 10.1. The quantitative estimate of drug-likeness (QED) is 0.379. The van der Waals surface area contributed by atoms with E-state index in [1.54, 1.807) is 42.6 Å². The van der Waals surface area contributed by atoms with E-state index in [0.29, 0.717) is 39.0 Å². The molecule has 4 aromatic rings. The molecule has 0 bridgehead atoms. The van der Waals surface area contributed by atoms with Gasteiger partial charge in [-0.3, -0.25) is 4.79 Å². The van der Waals surface area contributed by atoms with Gasteiger partial charge in [0.15, 0.2) is 11.4 Å². The second-order valence-electron chi connectivity index (χ2n) is 6.76. The van der Waals surface area contributed by atoms with Crippen molar-refractivity contribution in [2.45, 2.75) is 6.54 Å². The van der Waals surface area contributed by atoms with Gasteiger partial charge in [-0.25, -0.2) is 19.7 Å². The molecule has 3 heterocycles. The zero-order valence-corrected chi connectivity index (χ0v) is 17.2. The van der Waals surface area contributed by atoms with E-state index < -0.39 is 5.97 Å². The number of hydrogen-bond acceptors (Lipinski definition) is 7. The van der Waals surface area contributed by atoms with Crippen LogP contribution in [0.3, 0.4) is 0 Å². The maximum atomic E-state index is 12.1. The number of amides is 1. The number of hydrogen-bond donors (Lipinski definition) is 3. The second kappa shape index (κ2) is 8.86. The average molecular weight is 450 g/mol. The van der Waals surface area contributed by atoms with Gasteiger partial charge in [-0.2, -0.15) is 0 Å². The Kier molecular flexibility index (Phi) is 5.82. The van der Waals surface area contributed by atoms with E-state index in [2.05, 4.69) is 20.3 Å². The molecule has 0 aliphatic heterocycles. The minimum absolute atomic E-state index is 0.0102. The monoisotopic (exact) mass is 449 g/mol. The minimum Gasteiger partial charge on any atom is -0.478 e. The molecule has 4 N–H and O–H groups in total. The average Bonchev–Trinajstić information content (AvgIpc) is 3.21. The summed E-state index contributed by atoms with van der Waals surface area (Å²) in [7, 11) is 0. The van der Waals surface area contributed by atoms with Crippen molar-refractivity contribution in [1.29, 1.82) is 0 Å². The molecule has 4 rings (SSSR count). The van der Waals surface area contributed by atoms with Crippen LogP contribution in [0.1, 0.15) is 21.7 Å². The summed E-state index contributed by atoms with van der Waals surface area (Å²) in [5, 5.41) is 12.8. The molecule has 0 saturated carbocycles. The smallest absolute Gasteiger partial charge is 0.338 e. The van der Waals surface area contributed by atoms with Crippen molar-refractivity contribution in [2.75, 3.05) is 5.73 Å². The van der Waals surface area contributed by atoms with Crippen LogP contribution in [0.4, 0.5) is 5.82 Å². The zero-order valence-electron chi connectivity index (χ0n) is 16.4. The molecule has 10 heteroatoms. The number of rotatable bonds is 6. The molecule has 1 aromatic carbocycles. The Morgan fingerprint density at radius 2 is 1.91 bits per heavy atom. The number of pyridine rings is 1. The van der Waals surface area contributed by atoms with Crippen LogP contribution in [0.15, 0.2) is 59.4 Å². The molecule has 1 amide bonds. The van der Waals surface area contributed by atoms with Gasteiger partial charge in [0.1, 0.15) is 11.6 Å². The number of halogens is 1. The van der Waals surface area contributed by atoms with Crippen molar-refractivity contribution >= 4 is 46.3 Å². The van der Waals surface area contributed by atoms with E-state index in [1.807, 2.05) is 0 Å². The van der Waals surface area contributed by atoms with Gasteiger partial charge in [-0.15, -0.1) is 0 Å². The predicted octanol–water partition coefficient (Wildman–Crippen LogP) is 3.55. The summed E-state index contributed by atoms with van der Waals surface area (Å²) in [6, 6.07) is 8.57. The highest BCUT2D eigenvalue weighted by Gasteiger charge is 2.13. The van der Waals surface area contributed by atoms with Crippen LogP contribution in [0.5, 0.6) is 0 Å². The molecule has 0 aliphatic carbocycles. The SMILES string of the molecule is Nc1ccc(/C=C/C(=O)NCc2cc3cc(-c4ncc(C(=O)O)cn4)cc(Cl)c3o2)cn1. The molecule has 0 radical (unpaired) electrons. The van der Waals surface area contributed by atoms with Crippen molar-refractivity contribution in [3.05, 3.63) is 76.9 Å². The maximum Gasteiger partial charge on any atom is 0.338 e. The van der Waals surface area contributed by atoms with Gasteiger partial charge in [0.25, 0.3) is 0 Å². The Morgan fingerprint density at radius 3 is 2.59 bits per heavy atom. The summed E-state index contributed by atoms with van der Waals surface area (Å²) in [5.41, 5.74) is 7.34. The van der Waals surface area contributed by atoms with Gasteiger partial charge in [-0.1, -0.05) is 11.6 Å². The molecule has 0 fully saturated rings. The van der Waals surface area contributed by atoms with Gasteiger partial charge < -0.3 is 20.6 Å². The van der Waals surface area contributed by atoms with Gasteiger partial charge in [0.05, 0.1) is 17.1 Å². The third-order valence-corrected chi connectivity index (χ3v) is 4.73. The van der Waals surface area contributed by atoms with Crippen molar-refractivity contribution in [3.63, 3.8) is 0 Å². The van der Waals surface area contributed by atoms with Crippen LogP contribution >= 0.6 is 11.6 Å². The fourth-order valence-electron chi connectivity index (χ4n) is 2.89. The Bertz CT molecular complexity index is 1330. The van der Waals surface area contributed by atoms with Gasteiger partial charge in [-0.05, 0) is 42.0 Å². The molecule has 0 aliphatic rings. The van der Waals surface area contributed by atoms with Crippen LogP contribution in [0.2, 0.25) is 5.02 Å². The topological polar surface area (TPSA) is 144 Å². The fourth-order valence-corrected chi connectivity index (χ4v) is 3.15. The largest absolute Gasteiger partial charge is 0.478 e. The molecule has 0 atom stereocenters. The number of carboxylic acids is 1. The third-order valence-electron chi connectivity index (χ3n) is 4.45. The highest BCUT2D eigenvalue weighted by atomic mass is 35.5. The van der Waals surface area contributed by atoms with Gasteiger partial charge in [0, 0.05) is 35.6 Å². The number of carbonyl (C=O) groups is 2. The molecule has 3 aromatic heterocycles. The van der Waals surface area contributed by atoms with Crippen LogP contribution in [-0.4, -0.2) is 31.9 Å². The van der Waals surface area contributed by atoms with Crippen LogP contribution in [0.25, 0.3) is 28.4 Å². The number of carboxylic acid groups (broad SMARTS) is 1. The van der Waals surface area contributed by atoms with Crippen molar-refractivity contribution in [3.8, 4) is 11.4 Å². The van der Waals surface area contributed by atoms with Gasteiger partial charge in [0.2, 0.25) is 5.91 Å². The number of anilines is 1. The summed E-state index contributed by atoms with van der Waals surface area (Å²) in [6.45, 7) is 0.160. The normalized spacial score (nSPS) is 11.2. The van der Waals surface area contributed by atoms with Crippen molar-refractivity contribution < 1.29 is 19.1 Å². The molecule has 160 valence electrons. The minimum atomic E-state index is -1.11. The van der Waals surface area contributed by atoms with Crippen molar-refractivity contribution in [1.82, 2.24) is 20.3 Å². The number of aromatic nitrogens is 3. The van der Waals surface area contributed by atoms with E-state index in [0.717, 1.165) is 5.56 Å². The first kappa shape index (κ1) is 21.0. The van der Waals surface area contributed by atoms with Crippen molar-refractivity contribution in [2.24, 2.45) is 0 Å². The summed E-state index contributed by atoms with van der Waals surface area (Å²) >= 11 is 6.34. The Labute approximate surface area is 186 Å². The van der Waals surface area contributed by atoms with Crippen LogP contribution in [0, 0.1) is 0 Å². The number of nitrogens with zero attached hydrogens (tertiary/aromatic N) is 3. The third kappa shape index (κ3) is 4.73. The lowest BCUT2D eigenvalue weighted by molar-refractivity contribution is -0.116. The number of furan rings is 1. The van der Waals surface area contributed by atoms with E-state index in [-0.39, 0.29) is 18.0 Å². The summed E-state index contributed by atoms with van der Waals surface area (Å²) in [5.74, 6) is -0.163. The lowest BCUT2D eigenvalue weighted by Gasteiger charge is -2.02. The van der Waals surface area contributed by atoms with E-state index in [4.69, 9.17) is 26.9 Å². The fraction of sp³-hybridized carbons (Fsp3) is 0.0455. The molecule has 0 unspecified atom stereocenters. The summed E-state index contributed by atoms with van der Waals surface area (Å²) in [4.78, 5) is 35.2. The standard InChI is InChI=1S/C22H16ClN5O4/c23-17-7-14(21-27-9-15(10-28-21)22(30)31)5-13-6-16(32-20(13)17)11-26-19(29)4-2-12-1-3-18(24)25-8-12/h1-10H,11H2,(H2,24,25)(H,26,29)(H,30,31)/b4-2+. The van der Waals surface area contributed by atoms with Crippen LogP contribution < -0.4 is 11.1 Å². The Morgan fingerprint density at radius 1 is 1.12 bits per heavy atom. The molecular formula is C22H16ClN5O4. The molecule has 9 nitrogen and oxygen atoms in total. The first-order valence-electron chi connectivity index (χ1n) is 9.34. The molecular weight excluding hydrogens is 434 g/mol. The number of benzene rings is 1. The number of nitrogens with two attached hydrogens (primary N) is 1. The number of carbonyl (C=O) groups excluding carboxylic acids is 1. The van der Waals surface area contributed by atoms with E-state index >= 15 is 0 Å². The van der Waals surface area contributed by atoms with Crippen LogP contribution in [-0.2, 0) is 11.3 Å². The number of fused-ring (bicyclic) bond motifs is 1. The zero-order chi connectivity index (χ0) is 22.7. The highest BCUT2D eigenvalue weighted by Crippen LogP contribution is 2.31. The van der Waals surface area contributed by atoms with Gasteiger partial charge >= 0.3 is 5.97 Å². The maximum absolute atomic E-state index is 12.1. The van der Waals surface area contributed by atoms with E-state index in [9.17, 15) is 9.59 Å². The Balaban J connectivity index is 1.47. The number of aromatic carboxylic acids is 1. The second-order valence-corrected chi connectivity index (χ2v) is 7.16. The predicted molar refractivity (Wildman–Crippen MR) is 119 cm³/mol. The lowest BCUT2D eigenvalue weighted by Crippen LogP contribution is -2.19. The Hall–Kier alpha value is -4.24. The summed E-state index contributed by atoms with van der Waals surface area (Å²) < 4.78 is 5.75. The number of nitrogen functional groups attached to an aromatic ring is 1. The summed E-state index contributed by atoms with van der Waals surface area (Å²) in [6.07, 6.45) is 7.04. The molecule has 32 heavy (non-hydrogen) atoms. The first-order chi connectivity index (χ1) is 15.4. The first-order valence-corrected chi connectivity index (χ1v) is 9.72.